The summed E-state index contributed by atoms with van der Waals surface area (Å²) in [5.41, 5.74) is 4.23. The van der Waals surface area contributed by atoms with Crippen molar-refractivity contribution in [3.05, 3.63) is 72.9 Å². The molecule has 0 aliphatic carbocycles. The highest BCUT2D eigenvalue weighted by molar-refractivity contribution is 5.70. The first-order valence-electron chi connectivity index (χ1n) is 19.4. The summed E-state index contributed by atoms with van der Waals surface area (Å²) in [4.78, 5) is 4.62. The predicted octanol–water partition coefficient (Wildman–Crippen LogP) is 6.63. The molecule has 4 rings (SSSR count). The van der Waals surface area contributed by atoms with Crippen LogP contribution in [0.3, 0.4) is 0 Å². The van der Waals surface area contributed by atoms with Crippen LogP contribution in [0, 0.1) is 0 Å². The van der Waals surface area contributed by atoms with Gasteiger partial charge in [0.25, 0.3) is 0 Å². The Morgan fingerprint density at radius 3 is 1.73 bits per heavy atom. The van der Waals surface area contributed by atoms with Crippen molar-refractivity contribution in [1.29, 1.82) is 0 Å². The second-order valence-corrected chi connectivity index (χ2v) is 14.3. The van der Waals surface area contributed by atoms with Gasteiger partial charge in [-0.3, -0.25) is 0 Å². The zero-order chi connectivity index (χ0) is 36.4. The number of aliphatic hydroxyl groups excluding tert-OH is 6. The van der Waals surface area contributed by atoms with Crippen LogP contribution in [0.1, 0.15) is 103 Å². The third kappa shape index (κ3) is 12.9. The Morgan fingerprint density at radius 2 is 1.16 bits per heavy atom. The van der Waals surface area contributed by atoms with Gasteiger partial charge in [-0.2, -0.15) is 0 Å². The lowest BCUT2D eigenvalue weighted by Gasteiger charge is -2.40. The molecule has 1 aromatic heterocycles. The van der Waals surface area contributed by atoms with Crippen molar-refractivity contribution in [3.8, 4) is 22.3 Å². The number of aliphatic hydroxyl groups is 6. The van der Waals surface area contributed by atoms with Crippen LogP contribution >= 0.6 is 0 Å². The van der Waals surface area contributed by atoms with Crippen molar-refractivity contribution < 1.29 is 35.4 Å². The van der Waals surface area contributed by atoms with Gasteiger partial charge >= 0.3 is 0 Å². The molecule has 0 bridgehead atoms. The Morgan fingerprint density at radius 1 is 0.627 bits per heavy atom. The smallest absolute Gasteiger partial charge is 0.126 e. The van der Waals surface area contributed by atoms with Crippen LogP contribution in [0.2, 0.25) is 0 Å². The second-order valence-electron chi connectivity index (χ2n) is 14.3. The standard InChI is InChI=1S/C42H62N2O7/c1-2-3-4-5-6-7-8-9-10-11-12-16-19-35(46)39(47)34(25-26-36-40(48)42(50)41(49)37(29-45)51-36)44-38-27-24-33(28-43-38)32-22-20-31(21-23-32)30-17-14-13-15-18-30/h13-15,17-18,20-24,27-28,34-37,39-42,45-50H,2-12,16,19,25-26,29H2,1H3,(H,43,44)/t34-,35+,36+,37+,39-,40-,41-,42+/m0/s1. The maximum Gasteiger partial charge on any atom is 0.126 e. The summed E-state index contributed by atoms with van der Waals surface area (Å²) in [6.07, 6.45) is 9.05. The fraction of sp³-hybridized carbons (Fsp3) is 0.595. The minimum absolute atomic E-state index is 0.202. The zero-order valence-electron chi connectivity index (χ0n) is 30.4. The van der Waals surface area contributed by atoms with Gasteiger partial charge in [-0.1, -0.05) is 139 Å². The number of ether oxygens (including phenoxy) is 1. The molecular weight excluding hydrogens is 644 g/mol. The van der Waals surface area contributed by atoms with E-state index < -0.39 is 55.4 Å². The molecule has 282 valence electrons. The molecule has 3 aromatic rings. The summed E-state index contributed by atoms with van der Waals surface area (Å²) in [6.45, 7) is 1.74. The van der Waals surface area contributed by atoms with E-state index in [1.54, 1.807) is 6.20 Å². The van der Waals surface area contributed by atoms with E-state index in [2.05, 4.69) is 53.6 Å². The van der Waals surface area contributed by atoms with Crippen LogP contribution in [-0.4, -0.2) is 91.0 Å². The largest absolute Gasteiger partial charge is 0.394 e. The highest BCUT2D eigenvalue weighted by Gasteiger charge is 2.43. The summed E-state index contributed by atoms with van der Waals surface area (Å²) >= 11 is 0. The molecule has 1 saturated heterocycles. The van der Waals surface area contributed by atoms with E-state index in [0.29, 0.717) is 12.2 Å². The Kier molecular flexibility index (Phi) is 17.8. The summed E-state index contributed by atoms with van der Waals surface area (Å²) in [7, 11) is 0. The van der Waals surface area contributed by atoms with Crippen molar-refractivity contribution in [1.82, 2.24) is 4.98 Å². The maximum atomic E-state index is 11.4. The zero-order valence-corrected chi connectivity index (χ0v) is 30.4. The number of nitrogens with zero attached hydrogens (tertiary/aromatic N) is 1. The number of hydrogen-bond acceptors (Lipinski definition) is 9. The SMILES string of the molecule is CCCCCCCCCCCCCC[C@@H](O)[C@@H](O)[C@H](CC[C@H]1O[C@H](CO)[C@H](O)[C@H](O)[C@H]1O)Nc1ccc(-c2ccc(-c3ccccc3)cc2)cn1. The van der Waals surface area contributed by atoms with E-state index in [9.17, 15) is 30.6 Å². The number of benzene rings is 2. The molecule has 51 heavy (non-hydrogen) atoms. The number of hydrogen-bond donors (Lipinski definition) is 7. The predicted molar refractivity (Wildman–Crippen MR) is 203 cm³/mol. The molecule has 8 atom stereocenters. The van der Waals surface area contributed by atoms with Crippen molar-refractivity contribution >= 4 is 5.82 Å². The van der Waals surface area contributed by atoms with Gasteiger partial charge in [0, 0.05) is 11.8 Å². The number of aromatic nitrogens is 1. The number of unbranched alkanes of at least 4 members (excludes halogenated alkanes) is 11. The number of pyridine rings is 1. The third-order valence-corrected chi connectivity index (χ3v) is 10.3. The topological polar surface area (TPSA) is 156 Å². The van der Waals surface area contributed by atoms with Gasteiger partial charge < -0.3 is 40.7 Å². The number of rotatable bonds is 23. The minimum Gasteiger partial charge on any atom is -0.394 e. The molecule has 0 unspecified atom stereocenters. The average Bonchev–Trinajstić information content (AvgIpc) is 3.17. The average molecular weight is 707 g/mol. The van der Waals surface area contributed by atoms with Gasteiger partial charge in [0.15, 0.2) is 0 Å². The normalized spacial score (nSPS) is 22.4. The molecule has 2 heterocycles. The third-order valence-electron chi connectivity index (χ3n) is 10.3. The summed E-state index contributed by atoms with van der Waals surface area (Å²) in [5.74, 6) is 0.523. The highest BCUT2D eigenvalue weighted by Crippen LogP contribution is 2.28. The fourth-order valence-corrected chi connectivity index (χ4v) is 7.05. The van der Waals surface area contributed by atoms with E-state index in [4.69, 9.17) is 4.74 Å². The van der Waals surface area contributed by atoms with Crippen LogP contribution in [0.4, 0.5) is 5.82 Å². The molecule has 1 fully saturated rings. The Bertz CT molecular complexity index is 1340. The Hall–Kier alpha value is -2.89. The van der Waals surface area contributed by atoms with Crippen LogP contribution in [0.5, 0.6) is 0 Å². The van der Waals surface area contributed by atoms with Crippen LogP contribution in [-0.2, 0) is 4.74 Å². The lowest BCUT2D eigenvalue weighted by Crippen LogP contribution is -2.58. The van der Waals surface area contributed by atoms with E-state index >= 15 is 0 Å². The lowest BCUT2D eigenvalue weighted by molar-refractivity contribution is -0.230. The van der Waals surface area contributed by atoms with Crippen molar-refractivity contribution in [2.24, 2.45) is 0 Å². The molecule has 9 nitrogen and oxygen atoms in total. The van der Waals surface area contributed by atoms with Crippen molar-refractivity contribution in [2.75, 3.05) is 11.9 Å². The minimum atomic E-state index is -1.47. The van der Waals surface area contributed by atoms with E-state index in [1.165, 1.54) is 57.8 Å². The molecular formula is C42H62N2O7. The Labute approximate surface area is 304 Å². The van der Waals surface area contributed by atoms with Gasteiger partial charge in [0.05, 0.1) is 31.0 Å². The molecule has 2 aromatic carbocycles. The van der Waals surface area contributed by atoms with Gasteiger partial charge in [-0.15, -0.1) is 0 Å². The molecule has 1 aliphatic rings. The van der Waals surface area contributed by atoms with Crippen molar-refractivity contribution in [2.45, 2.75) is 152 Å². The second kappa shape index (κ2) is 22.2. The molecule has 0 amide bonds. The molecule has 7 N–H and O–H groups in total. The molecule has 1 aliphatic heterocycles. The first kappa shape index (κ1) is 40.9. The van der Waals surface area contributed by atoms with Gasteiger partial charge in [0.1, 0.15) is 30.2 Å². The van der Waals surface area contributed by atoms with E-state index in [0.717, 1.165) is 41.5 Å². The molecule has 0 saturated carbocycles. The maximum absolute atomic E-state index is 11.4. The highest BCUT2D eigenvalue weighted by atomic mass is 16.5. The van der Waals surface area contributed by atoms with Crippen LogP contribution < -0.4 is 5.32 Å². The van der Waals surface area contributed by atoms with Gasteiger partial charge in [-0.25, -0.2) is 4.98 Å². The quantitative estimate of drug-likeness (QED) is 0.0538. The monoisotopic (exact) mass is 706 g/mol. The first-order chi connectivity index (χ1) is 24.8. The fourth-order valence-electron chi connectivity index (χ4n) is 7.05. The van der Waals surface area contributed by atoms with E-state index in [1.807, 2.05) is 30.3 Å². The van der Waals surface area contributed by atoms with Gasteiger partial charge in [0.2, 0.25) is 0 Å². The summed E-state index contributed by atoms with van der Waals surface area (Å²) in [5, 5.41) is 66.5. The van der Waals surface area contributed by atoms with Gasteiger partial charge in [-0.05, 0) is 48.1 Å². The van der Waals surface area contributed by atoms with Crippen LogP contribution in [0.15, 0.2) is 72.9 Å². The number of nitrogens with one attached hydrogen (secondary N) is 1. The van der Waals surface area contributed by atoms with E-state index in [-0.39, 0.29) is 12.8 Å². The molecule has 9 heteroatoms. The Balaban J connectivity index is 1.32. The number of anilines is 1. The summed E-state index contributed by atoms with van der Waals surface area (Å²) in [6, 6.07) is 21.6. The van der Waals surface area contributed by atoms with Crippen molar-refractivity contribution in [3.63, 3.8) is 0 Å². The summed E-state index contributed by atoms with van der Waals surface area (Å²) < 4.78 is 5.72. The van der Waals surface area contributed by atoms with Crippen LogP contribution in [0.25, 0.3) is 22.3 Å². The molecule has 0 radical (unpaired) electrons. The first-order valence-corrected chi connectivity index (χ1v) is 19.4. The molecule has 0 spiro atoms. The lowest BCUT2D eigenvalue weighted by atomic mass is 9.90.